The molecule has 0 heterocycles. The van der Waals surface area contributed by atoms with Gasteiger partial charge in [0, 0.05) is 6.04 Å². The van der Waals surface area contributed by atoms with Crippen LogP contribution >= 0.6 is 0 Å². The minimum atomic E-state index is -0.761. The molecule has 0 aromatic heterocycles. The van der Waals surface area contributed by atoms with Gasteiger partial charge < -0.3 is 5.32 Å². The number of rotatable bonds is 6. The van der Waals surface area contributed by atoms with Crippen molar-refractivity contribution in [2.24, 2.45) is 11.8 Å². The Kier molecular flexibility index (Phi) is 6.16. The minimum Gasteiger partial charge on any atom is -0.310 e. The van der Waals surface area contributed by atoms with Crippen LogP contribution < -0.4 is 5.32 Å². The average molecular weight is 295 g/mol. The maximum Gasteiger partial charge on any atom is 0.159 e. The smallest absolute Gasteiger partial charge is 0.159 e. The fourth-order valence-electron chi connectivity index (χ4n) is 3.57. The lowest BCUT2D eigenvalue weighted by atomic mass is 9.75. The van der Waals surface area contributed by atoms with Crippen molar-refractivity contribution in [1.82, 2.24) is 5.32 Å². The summed E-state index contributed by atoms with van der Waals surface area (Å²) in [5.74, 6) is -0.193. The number of nitrogens with one attached hydrogen (secondary N) is 1. The highest BCUT2D eigenvalue weighted by Gasteiger charge is 2.28. The standard InChI is InChI=1S/C18H27F2N/c1-3-10-21-18(14-7-5-6-13(4-2)11-14)15-8-9-16(19)17(20)12-15/h8-9,12-14,18,21H,3-7,10-11H2,1-2H3. The van der Waals surface area contributed by atoms with Crippen LogP contribution in [0.2, 0.25) is 0 Å². The van der Waals surface area contributed by atoms with E-state index in [1.54, 1.807) is 6.07 Å². The summed E-state index contributed by atoms with van der Waals surface area (Å²) in [5.41, 5.74) is 0.893. The summed E-state index contributed by atoms with van der Waals surface area (Å²) >= 11 is 0. The first-order chi connectivity index (χ1) is 10.2. The van der Waals surface area contributed by atoms with Gasteiger partial charge in [-0.3, -0.25) is 0 Å². The van der Waals surface area contributed by atoms with E-state index in [9.17, 15) is 8.78 Å². The Bertz CT molecular complexity index is 447. The summed E-state index contributed by atoms with van der Waals surface area (Å²) in [6.07, 6.45) is 7.19. The first-order valence-electron chi connectivity index (χ1n) is 8.34. The quantitative estimate of drug-likeness (QED) is 0.758. The molecule has 1 aliphatic carbocycles. The van der Waals surface area contributed by atoms with E-state index in [-0.39, 0.29) is 6.04 Å². The van der Waals surface area contributed by atoms with Gasteiger partial charge in [0.15, 0.2) is 11.6 Å². The zero-order chi connectivity index (χ0) is 15.2. The van der Waals surface area contributed by atoms with E-state index in [1.807, 2.05) is 0 Å². The van der Waals surface area contributed by atoms with Crippen LogP contribution in [0.25, 0.3) is 0 Å². The first kappa shape index (κ1) is 16.4. The molecule has 21 heavy (non-hydrogen) atoms. The van der Waals surface area contributed by atoms with Gasteiger partial charge in [-0.25, -0.2) is 8.78 Å². The molecule has 118 valence electrons. The van der Waals surface area contributed by atoms with Crippen molar-refractivity contribution >= 4 is 0 Å². The van der Waals surface area contributed by atoms with E-state index in [1.165, 1.54) is 44.2 Å². The van der Waals surface area contributed by atoms with Crippen molar-refractivity contribution in [1.29, 1.82) is 0 Å². The summed E-state index contributed by atoms with van der Waals surface area (Å²) in [7, 11) is 0. The molecule has 1 fully saturated rings. The lowest BCUT2D eigenvalue weighted by Crippen LogP contribution is -2.32. The number of hydrogen-bond donors (Lipinski definition) is 1. The molecular weight excluding hydrogens is 268 g/mol. The van der Waals surface area contributed by atoms with Gasteiger partial charge in [-0.1, -0.05) is 39.2 Å². The third-order valence-electron chi connectivity index (χ3n) is 4.79. The summed E-state index contributed by atoms with van der Waals surface area (Å²) < 4.78 is 26.7. The van der Waals surface area contributed by atoms with E-state index in [4.69, 9.17) is 0 Å². The largest absolute Gasteiger partial charge is 0.310 e. The molecule has 0 amide bonds. The van der Waals surface area contributed by atoms with E-state index in [0.29, 0.717) is 5.92 Å². The molecular formula is C18H27F2N. The Morgan fingerprint density at radius 2 is 2.00 bits per heavy atom. The fourth-order valence-corrected chi connectivity index (χ4v) is 3.57. The molecule has 1 nitrogen and oxygen atoms in total. The van der Waals surface area contributed by atoms with Gasteiger partial charge in [0.05, 0.1) is 0 Å². The van der Waals surface area contributed by atoms with E-state index in [0.717, 1.165) is 24.4 Å². The molecule has 1 aliphatic rings. The molecule has 3 heteroatoms. The second kappa shape index (κ2) is 7.88. The Morgan fingerprint density at radius 1 is 1.19 bits per heavy atom. The molecule has 0 radical (unpaired) electrons. The van der Waals surface area contributed by atoms with Crippen molar-refractivity contribution < 1.29 is 8.78 Å². The van der Waals surface area contributed by atoms with Gasteiger partial charge in [0.2, 0.25) is 0 Å². The molecule has 1 N–H and O–H groups in total. The van der Waals surface area contributed by atoms with E-state index < -0.39 is 11.6 Å². The highest BCUT2D eigenvalue weighted by molar-refractivity contribution is 5.22. The fraction of sp³-hybridized carbons (Fsp3) is 0.667. The van der Waals surface area contributed by atoms with Crippen LogP contribution in [0, 0.1) is 23.5 Å². The maximum absolute atomic E-state index is 13.6. The molecule has 1 saturated carbocycles. The van der Waals surface area contributed by atoms with Gasteiger partial charge in [-0.15, -0.1) is 0 Å². The Hall–Kier alpha value is -0.960. The van der Waals surface area contributed by atoms with Crippen LogP contribution in [0.15, 0.2) is 18.2 Å². The van der Waals surface area contributed by atoms with Crippen molar-refractivity contribution in [2.75, 3.05) is 6.54 Å². The predicted octanol–water partition coefficient (Wildman–Crippen LogP) is 5.22. The van der Waals surface area contributed by atoms with Crippen molar-refractivity contribution in [2.45, 2.75) is 58.4 Å². The van der Waals surface area contributed by atoms with Crippen LogP contribution in [0.3, 0.4) is 0 Å². The van der Waals surface area contributed by atoms with Gasteiger partial charge in [0.25, 0.3) is 0 Å². The Labute approximate surface area is 127 Å². The molecule has 0 bridgehead atoms. The monoisotopic (exact) mass is 295 g/mol. The SMILES string of the molecule is CCCNC(c1ccc(F)c(F)c1)C1CCCC(CC)C1. The van der Waals surface area contributed by atoms with Crippen LogP contribution in [0.5, 0.6) is 0 Å². The number of benzene rings is 1. The summed E-state index contributed by atoms with van der Waals surface area (Å²) in [5, 5.41) is 3.56. The van der Waals surface area contributed by atoms with Crippen LogP contribution in [0.1, 0.15) is 64.0 Å². The third kappa shape index (κ3) is 4.26. The molecule has 3 atom stereocenters. The zero-order valence-electron chi connectivity index (χ0n) is 13.2. The normalized spacial score (nSPS) is 24.0. The second-order valence-corrected chi connectivity index (χ2v) is 6.31. The molecule has 2 rings (SSSR count). The Morgan fingerprint density at radius 3 is 2.67 bits per heavy atom. The first-order valence-corrected chi connectivity index (χ1v) is 8.34. The summed E-state index contributed by atoms with van der Waals surface area (Å²) in [6, 6.07) is 4.51. The predicted molar refractivity (Wildman–Crippen MR) is 83.1 cm³/mol. The molecule has 1 aromatic rings. The number of halogens is 2. The van der Waals surface area contributed by atoms with Crippen LogP contribution in [0.4, 0.5) is 8.78 Å². The topological polar surface area (TPSA) is 12.0 Å². The lowest BCUT2D eigenvalue weighted by Gasteiger charge is -2.35. The van der Waals surface area contributed by atoms with Crippen molar-refractivity contribution in [3.05, 3.63) is 35.4 Å². The highest BCUT2D eigenvalue weighted by atomic mass is 19.2. The Balaban J connectivity index is 2.18. The van der Waals surface area contributed by atoms with Gasteiger partial charge in [-0.2, -0.15) is 0 Å². The second-order valence-electron chi connectivity index (χ2n) is 6.31. The van der Waals surface area contributed by atoms with Crippen molar-refractivity contribution in [3.8, 4) is 0 Å². The average Bonchev–Trinajstić information content (AvgIpc) is 2.51. The maximum atomic E-state index is 13.6. The van der Waals surface area contributed by atoms with Gasteiger partial charge >= 0.3 is 0 Å². The number of hydrogen-bond acceptors (Lipinski definition) is 1. The molecule has 0 spiro atoms. The van der Waals surface area contributed by atoms with Gasteiger partial charge in [-0.05, 0) is 55.3 Å². The van der Waals surface area contributed by atoms with Crippen LogP contribution in [-0.2, 0) is 0 Å². The highest BCUT2D eigenvalue weighted by Crippen LogP contribution is 2.38. The van der Waals surface area contributed by atoms with E-state index >= 15 is 0 Å². The van der Waals surface area contributed by atoms with Crippen molar-refractivity contribution in [3.63, 3.8) is 0 Å². The molecule has 1 aromatic carbocycles. The van der Waals surface area contributed by atoms with Gasteiger partial charge in [0.1, 0.15) is 0 Å². The zero-order valence-corrected chi connectivity index (χ0v) is 13.2. The summed E-state index contributed by atoms with van der Waals surface area (Å²) in [4.78, 5) is 0. The minimum absolute atomic E-state index is 0.148. The van der Waals surface area contributed by atoms with E-state index in [2.05, 4.69) is 19.2 Å². The molecule has 0 aliphatic heterocycles. The third-order valence-corrected chi connectivity index (χ3v) is 4.79. The molecule has 0 saturated heterocycles. The summed E-state index contributed by atoms with van der Waals surface area (Å²) in [6.45, 7) is 5.29. The van der Waals surface area contributed by atoms with Crippen LogP contribution in [-0.4, -0.2) is 6.54 Å². The lowest BCUT2D eigenvalue weighted by molar-refractivity contribution is 0.209. The molecule has 3 unspecified atom stereocenters.